The van der Waals surface area contributed by atoms with Crippen LogP contribution in [0.25, 0.3) is 0 Å². The SMILES string of the molecule is Cc1ccc(Nc2ncnc(Nc3ccc4c(c3)OCCO4)c2N)nc1. The molecule has 0 spiro atoms. The summed E-state index contributed by atoms with van der Waals surface area (Å²) in [5, 5.41) is 6.29. The van der Waals surface area contributed by atoms with Gasteiger partial charge in [-0.25, -0.2) is 15.0 Å². The summed E-state index contributed by atoms with van der Waals surface area (Å²) in [6.07, 6.45) is 3.21. The largest absolute Gasteiger partial charge is 0.486 e. The molecule has 0 saturated carbocycles. The van der Waals surface area contributed by atoms with Crippen LogP contribution in [0, 0.1) is 6.92 Å². The molecule has 4 rings (SSSR count). The molecule has 26 heavy (non-hydrogen) atoms. The Bertz CT molecular complexity index is 929. The van der Waals surface area contributed by atoms with Crippen LogP contribution in [-0.2, 0) is 0 Å². The van der Waals surface area contributed by atoms with E-state index in [1.165, 1.54) is 6.33 Å². The van der Waals surface area contributed by atoms with E-state index in [4.69, 9.17) is 15.2 Å². The number of nitrogen functional groups attached to an aromatic ring is 1. The smallest absolute Gasteiger partial charge is 0.163 e. The maximum atomic E-state index is 6.21. The molecule has 1 aliphatic heterocycles. The Balaban J connectivity index is 1.56. The topological polar surface area (TPSA) is 107 Å². The number of nitrogens with zero attached hydrogens (tertiary/aromatic N) is 3. The summed E-state index contributed by atoms with van der Waals surface area (Å²) in [5.41, 5.74) is 8.47. The minimum absolute atomic E-state index is 0.393. The van der Waals surface area contributed by atoms with Crippen LogP contribution in [-0.4, -0.2) is 28.2 Å². The zero-order valence-corrected chi connectivity index (χ0v) is 14.2. The van der Waals surface area contributed by atoms with Gasteiger partial charge in [0.05, 0.1) is 0 Å². The van der Waals surface area contributed by atoms with Gasteiger partial charge in [0.1, 0.15) is 31.0 Å². The number of rotatable bonds is 4. The second-order valence-corrected chi connectivity index (χ2v) is 5.81. The molecular weight excluding hydrogens is 332 g/mol. The summed E-state index contributed by atoms with van der Waals surface area (Å²) >= 11 is 0. The Hall–Kier alpha value is -3.55. The molecule has 0 bridgehead atoms. The molecule has 0 fully saturated rings. The average molecular weight is 350 g/mol. The molecule has 8 nitrogen and oxygen atoms in total. The fraction of sp³-hybridized carbons (Fsp3) is 0.167. The standard InChI is InChI=1S/C18H18N6O2/c1-11-2-5-15(20-9-11)24-18-16(19)17(21-10-22-18)23-12-3-4-13-14(8-12)26-7-6-25-13/h2-5,8-10H,6-7,19H2,1H3,(H2,20,21,22,23,24). The van der Waals surface area contributed by atoms with Crippen molar-refractivity contribution in [2.75, 3.05) is 29.6 Å². The first-order valence-electron chi connectivity index (χ1n) is 8.16. The van der Waals surface area contributed by atoms with Crippen LogP contribution in [0.2, 0.25) is 0 Å². The normalized spacial score (nSPS) is 12.5. The number of aryl methyl sites for hydroxylation is 1. The summed E-state index contributed by atoms with van der Waals surface area (Å²) < 4.78 is 11.1. The van der Waals surface area contributed by atoms with Crippen molar-refractivity contribution in [3.8, 4) is 11.5 Å². The number of fused-ring (bicyclic) bond motifs is 1. The number of pyridine rings is 1. The molecule has 0 aliphatic carbocycles. The Kier molecular flexibility index (Phi) is 4.14. The highest BCUT2D eigenvalue weighted by Gasteiger charge is 2.14. The summed E-state index contributed by atoms with van der Waals surface area (Å²) in [7, 11) is 0. The number of aromatic nitrogens is 3. The minimum Gasteiger partial charge on any atom is -0.486 e. The number of nitrogens with one attached hydrogen (secondary N) is 2. The van der Waals surface area contributed by atoms with Crippen LogP contribution in [0.4, 0.5) is 28.8 Å². The van der Waals surface area contributed by atoms with Crippen molar-refractivity contribution in [1.29, 1.82) is 0 Å². The van der Waals surface area contributed by atoms with Crippen LogP contribution in [0.3, 0.4) is 0 Å². The van der Waals surface area contributed by atoms with Crippen molar-refractivity contribution in [3.05, 3.63) is 48.4 Å². The summed E-state index contributed by atoms with van der Waals surface area (Å²) in [6.45, 7) is 3.07. The van der Waals surface area contributed by atoms with Gasteiger partial charge in [-0.1, -0.05) is 6.07 Å². The summed E-state index contributed by atoms with van der Waals surface area (Å²) in [6, 6.07) is 9.41. The van der Waals surface area contributed by atoms with E-state index >= 15 is 0 Å². The van der Waals surface area contributed by atoms with Gasteiger partial charge in [-0.15, -0.1) is 0 Å². The van der Waals surface area contributed by atoms with E-state index in [2.05, 4.69) is 25.6 Å². The quantitative estimate of drug-likeness (QED) is 0.659. The monoisotopic (exact) mass is 350 g/mol. The number of hydrogen-bond donors (Lipinski definition) is 3. The summed E-state index contributed by atoms with van der Waals surface area (Å²) in [5.74, 6) is 3.05. The van der Waals surface area contributed by atoms with Crippen molar-refractivity contribution in [1.82, 2.24) is 15.0 Å². The molecule has 0 saturated heterocycles. The highest BCUT2D eigenvalue weighted by Crippen LogP contribution is 2.34. The van der Waals surface area contributed by atoms with Gasteiger partial charge in [-0.3, -0.25) is 0 Å². The lowest BCUT2D eigenvalue weighted by molar-refractivity contribution is 0.171. The average Bonchev–Trinajstić information content (AvgIpc) is 2.67. The van der Waals surface area contributed by atoms with Gasteiger partial charge in [0.15, 0.2) is 23.1 Å². The molecule has 0 radical (unpaired) electrons. The van der Waals surface area contributed by atoms with Crippen molar-refractivity contribution in [2.45, 2.75) is 6.92 Å². The van der Waals surface area contributed by atoms with Gasteiger partial charge in [0.25, 0.3) is 0 Å². The number of nitrogens with two attached hydrogens (primary N) is 1. The number of hydrogen-bond acceptors (Lipinski definition) is 8. The van der Waals surface area contributed by atoms with Gasteiger partial charge < -0.3 is 25.8 Å². The van der Waals surface area contributed by atoms with Gasteiger partial charge in [-0.2, -0.15) is 0 Å². The zero-order valence-electron chi connectivity index (χ0n) is 14.2. The summed E-state index contributed by atoms with van der Waals surface area (Å²) in [4.78, 5) is 12.7. The maximum Gasteiger partial charge on any atom is 0.163 e. The lowest BCUT2D eigenvalue weighted by Gasteiger charge is -2.19. The Morgan fingerprint density at radius 3 is 2.46 bits per heavy atom. The first kappa shape index (κ1) is 15.9. The Morgan fingerprint density at radius 2 is 1.69 bits per heavy atom. The number of ether oxygens (including phenoxy) is 2. The fourth-order valence-corrected chi connectivity index (χ4v) is 2.52. The first-order valence-corrected chi connectivity index (χ1v) is 8.16. The van der Waals surface area contributed by atoms with E-state index in [0.29, 0.717) is 42.1 Å². The van der Waals surface area contributed by atoms with Gasteiger partial charge in [0.2, 0.25) is 0 Å². The highest BCUT2D eigenvalue weighted by molar-refractivity contribution is 5.80. The van der Waals surface area contributed by atoms with Crippen LogP contribution in [0.15, 0.2) is 42.9 Å². The molecular formula is C18H18N6O2. The molecule has 0 atom stereocenters. The molecule has 132 valence electrons. The second kappa shape index (κ2) is 6.75. The first-order chi connectivity index (χ1) is 12.7. The molecule has 0 unspecified atom stereocenters. The Morgan fingerprint density at radius 1 is 0.923 bits per heavy atom. The third-order valence-electron chi connectivity index (χ3n) is 3.85. The van der Waals surface area contributed by atoms with E-state index in [0.717, 1.165) is 17.0 Å². The molecule has 1 aromatic carbocycles. The highest BCUT2D eigenvalue weighted by atomic mass is 16.6. The lowest BCUT2D eigenvalue weighted by Crippen LogP contribution is -2.15. The van der Waals surface area contributed by atoms with Crippen molar-refractivity contribution < 1.29 is 9.47 Å². The maximum absolute atomic E-state index is 6.21. The molecule has 3 heterocycles. The predicted octanol–water partition coefficient (Wildman–Crippen LogP) is 3.02. The van der Waals surface area contributed by atoms with Gasteiger partial charge in [-0.05, 0) is 30.7 Å². The van der Waals surface area contributed by atoms with E-state index in [-0.39, 0.29) is 0 Å². The third kappa shape index (κ3) is 3.30. The lowest BCUT2D eigenvalue weighted by atomic mass is 10.2. The minimum atomic E-state index is 0.393. The molecule has 8 heteroatoms. The van der Waals surface area contributed by atoms with E-state index in [1.807, 2.05) is 37.3 Å². The number of benzene rings is 1. The number of anilines is 5. The zero-order chi connectivity index (χ0) is 17.9. The van der Waals surface area contributed by atoms with Crippen LogP contribution < -0.4 is 25.8 Å². The second-order valence-electron chi connectivity index (χ2n) is 5.81. The predicted molar refractivity (Wildman–Crippen MR) is 99.4 cm³/mol. The van der Waals surface area contributed by atoms with Crippen LogP contribution >= 0.6 is 0 Å². The molecule has 0 amide bonds. The fourth-order valence-electron chi connectivity index (χ4n) is 2.52. The van der Waals surface area contributed by atoms with Crippen LogP contribution in [0.5, 0.6) is 11.5 Å². The van der Waals surface area contributed by atoms with Crippen molar-refractivity contribution in [3.63, 3.8) is 0 Å². The van der Waals surface area contributed by atoms with Crippen LogP contribution in [0.1, 0.15) is 5.56 Å². The molecule has 4 N–H and O–H groups in total. The van der Waals surface area contributed by atoms with E-state index < -0.39 is 0 Å². The Labute approximate surface area is 150 Å². The van der Waals surface area contributed by atoms with E-state index in [1.54, 1.807) is 6.20 Å². The molecule has 1 aliphatic rings. The third-order valence-corrected chi connectivity index (χ3v) is 3.85. The van der Waals surface area contributed by atoms with Gasteiger partial charge >= 0.3 is 0 Å². The van der Waals surface area contributed by atoms with E-state index in [9.17, 15) is 0 Å². The van der Waals surface area contributed by atoms with Crippen molar-refractivity contribution >= 4 is 28.8 Å². The van der Waals surface area contributed by atoms with Gasteiger partial charge in [0, 0.05) is 18.0 Å². The molecule has 3 aromatic rings. The van der Waals surface area contributed by atoms with Crippen molar-refractivity contribution in [2.24, 2.45) is 0 Å². The molecule has 2 aromatic heterocycles.